The highest BCUT2D eigenvalue weighted by Crippen LogP contribution is 2.38. The Morgan fingerprint density at radius 2 is 1.92 bits per heavy atom. The number of fused-ring (bicyclic) bond motifs is 2. The van der Waals surface area contributed by atoms with Crippen LogP contribution in [0.25, 0.3) is 11.0 Å². The summed E-state index contributed by atoms with van der Waals surface area (Å²) in [6.07, 6.45) is 4.05. The first-order chi connectivity index (χ1) is 18.0. The van der Waals surface area contributed by atoms with Crippen molar-refractivity contribution in [1.29, 1.82) is 0 Å². The second-order valence-electron chi connectivity index (χ2n) is 9.20. The second-order valence-corrected chi connectivity index (χ2v) is 9.20. The molecule has 0 radical (unpaired) electrons. The molecule has 0 aliphatic carbocycles. The second kappa shape index (κ2) is 10.7. The van der Waals surface area contributed by atoms with Gasteiger partial charge in [0.2, 0.25) is 18.6 Å². The standard InChI is InChI=1S/C27H28N6O4/c1-18(2)11-13-29-27(35)26(19-6-5-12-28-15-19)33(20-9-10-23-24(14-20)37-17-36-23)25(34)16-32-22-8-4-3-7-21(22)30-31-32/h3-10,12,14-15,18,26H,11,13,16-17H2,1-2H3,(H,29,35)/t26-/m0/s1. The van der Waals surface area contributed by atoms with Gasteiger partial charge < -0.3 is 14.8 Å². The minimum atomic E-state index is -0.969. The number of carbonyl (C=O) groups is 2. The monoisotopic (exact) mass is 500 g/mol. The summed E-state index contributed by atoms with van der Waals surface area (Å²) < 4.78 is 12.6. The fourth-order valence-corrected chi connectivity index (χ4v) is 4.25. The Balaban J connectivity index is 1.55. The SMILES string of the molecule is CC(C)CCNC(=O)[C@H](c1cccnc1)N(C(=O)Cn1nnc2ccccc21)c1ccc2c(c1)OCO2. The van der Waals surface area contributed by atoms with E-state index in [0.717, 1.165) is 11.9 Å². The van der Waals surface area contributed by atoms with E-state index in [9.17, 15) is 9.59 Å². The van der Waals surface area contributed by atoms with Gasteiger partial charge in [0, 0.05) is 36.3 Å². The van der Waals surface area contributed by atoms with E-state index in [-0.39, 0.29) is 25.2 Å². The van der Waals surface area contributed by atoms with E-state index in [2.05, 4.69) is 34.5 Å². The summed E-state index contributed by atoms with van der Waals surface area (Å²) in [7, 11) is 0. The van der Waals surface area contributed by atoms with Gasteiger partial charge in [0.25, 0.3) is 0 Å². The molecule has 1 atom stereocenters. The Labute approximate surface area is 214 Å². The Morgan fingerprint density at radius 1 is 1.08 bits per heavy atom. The van der Waals surface area contributed by atoms with Gasteiger partial charge in [0.1, 0.15) is 18.1 Å². The normalized spacial score (nSPS) is 13.1. The number of nitrogens with zero attached hydrogens (tertiary/aromatic N) is 5. The van der Waals surface area contributed by atoms with Gasteiger partial charge in [-0.1, -0.05) is 37.3 Å². The molecular formula is C27H28N6O4. The highest BCUT2D eigenvalue weighted by Gasteiger charge is 2.34. The number of pyridine rings is 1. The zero-order chi connectivity index (χ0) is 25.8. The molecule has 190 valence electrons. The zero-order valence-electron chi connectivity index (χ0n) is 20.7. The van der Waals surface area contributed by atoms with Crippen LogP contribution in [-0.4, -0.2) is 45.1 Å². The Kier molecular flexibility index (Phi) is 6.98. The van der Waals surface area contributed by atoms with Gasteiger partial charge in [-0.3, -0.25) is 19.5 Å². The third kappa shape index (κ3) is 5.23. The van der Waals surface area contributed by atoms with E-state index in [4.69, 9.17) is 9.47 Å². The van der Waals surface area contributed by atoms with E-state index < -0.39 is 6.04 Å². The molecule has 37 heavy (non-hydrogen) atoms. The summed E-state index contributed by atoms with van der Waals surface area (Å²) in [5.74, 6) is 0.860. The summed E-state index contributed by atoms with van der Waals surface area (Å²) in [6, 6.07) is 15.2. The van der Waals surface area contributed by atoms with Crippen LogP contribution in [0.5, 0.6) is 11.5 Å². The molecule has 5 rings (SSSR count). The first kappa shape index (κ1) is 24.2. The number of anilines is 1. The third-order valence-electron chi connectivity index (χ3n) is 6.14. The summed E-state index contributed by atoms with van der Waals surface area (Å²) >= 11 is 0. The molecule has 1 aliphatic rings. The number of aromatic nitrogens is 4. The lowest BCUT2D eigenvalue weighted by atomic mass is 10.0. The highest BCUT2D eigenvalue weighted by molar-refractivity contribution is 6.01. The molecule has 0 fully saturated rings. The molecule has 4 aromatic rings. The molecule has 3 heterocycles. The van der Waals surface area contributed by atoms with E-state index in [1.54, 1.807) is 42.7 Å². The predicted molar refractivity (Wildman–Crippen MR) is 137 cm³/mol. The van der Waals surface area contributed by atoms with Crippen molar-refractivity contribution in [1.82, 2.24) is 25.3 Å². The number of hydrogen-bond acceptors (Lipinski definition) is 7. The molecule has 0 unspecified atom stereocenters. The maximum absolute atomic E-state index is 14.0. The van der Waals surface area contributed by atoms with Crippen LogP contribution < -0.4 is 19.7 Å². The van der Waals surface area contributed by atoms with E-state index >= 15 is 0 Å². The van der Waals surface area contributed by atoms with Crippen LogP contribution in [-0.2, 0) is 16.1 Å². The molecule has 10 nitrogen and oxygen atoms in total. The van der Waals surface area contributed by atoms with Crippen LogP contribution in [0.3, 0.4) is 0 Å². The van der Waals surface area contributed by atoms with Crippen LogP contribution >= 0.6 is 0 Å². The van der Waals surface area contributed by atoms with Crippen molar-refractivity contribution in [2.45, 2.75) is 32.9 Å². The van der Waals surface area contributed by atoms with E-state index in [0.29, 0.717) is 40.7 Å². The molecule has 0 saturated carbocycles. The Hall–Kier alpha value is -4.47. The molecule has 1 N–H and O–H groups in total. The molecule has 0 bridgehead atoms. The van der Waals surface area contributed by atoms with Crippen LogP contribution in [0, 0.1) is 5.92 Å². The van der Waals surface area contributed by atoms with Crippen LogP contribution in [0.15, 0.2) is 67.0 Å². The number of para-hydroxylation sites is 1. The predicted octanol–water partition coefficient (Wildman–Crippen LogP) is 3.49. The van der Waals surface area contributed by atoms with Gasteiger partial charge in [-0.25, -0.2) is 4.68 Å². The fourth-order valence-electron chi connectivity index (χ4n) is 4.25. The van der Waals surface area contributed by atoms with Crippen molar-refractivity contribution < 1.29 is 19.1 Å². The number of carbonyl (C=O) groups excluding carboxylic acids is 2. The van der Waals surface area contributed by atoms with Crippen molar-refractivity contribution in [3.05, 3.63) is 72.6 Å². The molecule has 2 amide bonds. The number of benzene rings is 2. The minimum Gasteiger partial charge on any atom is -0.454 e. The Morgan fingerprint density at radius 3 is 2.73 bits per heavy atom. The first-order valence-electron chi connectivity index (χ1n) is 12.2. The van der Waals surface area contributed by atoms with Gasteiger partial charge >= 0.3 is 0 Å². The molecular weight excluding hydrogens is 472 g/mol. The molecule has 10 heteroatoms. The summed E-state index contributed by atoms with van der Waals surface area (Å²) in [5, 5.41) is 11.3. The molecule has 2 aromatic heterocycles. The summed E-state index contributed by atoms with van der Waals surface area (Å²) in [4.78, 5) is 33.4. The molecule has 2 aromatic carbocycles. The van der Waals surface area contributed by atoms with Gasteiger partial charge in [0.05, 0.1) is 5.52 Å². The molecule has 0 spiro atoms. The lowest BCUT2D eigenvalue weighted by molar-refractivity contribution is -0.127. The number of rotatable bonds is 9. The van der Waals surface area contributed by atoms with Crippen molar-refractivity contribution in [3.63, 3.8) is 0 Å². The first-order valence-corrected chi connectivity index (χ1v) is 12.2. The maximum atomic E-state index is 14.0. The zero-order valence-corrected chi connectivity index (χ0v) is 20.7. The minimum absolute atomic E-state index is 0.0966. The number of nitrogens with one attached hydrogen (secondary N) is 1. The Bertz CT molecular complexity index is 1400. The van der Waals surface area contributed by atoms with Gasteiger partial charge in [-0.2, -0.15) is 0 Å². The molecule has 1 aliphatic heterocycles. The highest BCUT2D eigenvalue weighted by atomic mass is 16.7. The number of hydrogen-bond donors (Lipinski definition) is 1. The van der Waals surface area contributed by atoms with Crippen molar-refractivity contribution in [2.24, 2.45) is 5.92 Å². The fraction of sp³-hybridized carbons (Fsp3) is 0.296. The number of amides is 2. The van der Waals surface area contributed by atoms with Crippen LogP contribution in [0.1, 0.15) is 31.9 Å². The molecule has 0 saturated heterocycles. The maximum Gasteiger partial charge on any atom is 0.249 e. The van der Waals surface area contributed by atoms with Crippen molar-refractivity contribution in [2.75, 3.05) is 18.2 Å². The van der Waals surface area contributed by atoms with Gasteiger partial charge in [0.15, 0.2) is 11.5 Å². The lowest BCUT2D eigenvalue weighted by Crippen LogP contribution is -2.45. The van der Waals surface area contributed by atoms with Gasteiger partial charge in [-0.05, 0) is 42.7 Å². The van der Waals surface area contributed by atoms with Gasteiger partial charge in [-0.15, -0.1) is 5.10 Å². The van der Waals surface area contributed by atoms with Crippen LogP contribution in [0.2, 0.25) is 0 Å². The topological polar surface area (TPSA) is 111 Å². The van der Waals surface area contributed by atoms with Crippen LogP contribution in [0.4, 0.5) is 5.69 Å². The summed E-state index contributed by atoms with van der Waals surface area (Å²) in [6.45, 7) is 4.65. The van der Waals surface area contributed by atoms with E-state index in [1.807, 2.05) is 24.3 Å². The van der Waals surface area contributed by atoms with E-state index in [1.165, 1.54) is 9.58 Å². The number of ether oxygens (including phenoxy) is 2. The quantitative estimate of drug-likeness (QED) is 0.374. The van der Waals surface area contributed by atoms with Crippen molar-refractivity contribution in [3.8, 4) is 11.5 Å². The van der Waals surface area contributed by atoms with Crippen molar-refractivity contribution >= 4 is 28.5 Å². The lowest BCUT2D eigenvalue weighted by Gasteiger charge is -2.31. The summed E-state index contributed by atoms with van der Waals surface area (Å²) in [5.41, 5.74) is 2.48. The third-order valence-corrected chi connectivity index (χ3v) is 6.14. The largest absolute Gasteiger partial charge is 0.454 e. The average molecular weight is 501 g/mol. The average Bonchev–Trinajstić information content (AvgIpc) is 3.54. The smallest absolute Gasteiger partial charge is 0.249 e.